The van der Waals surface area contributed by atoms with Crippen molar-refractivity contribution >= 4 is 17.6 Å². The number of nitrogens with two attached hydrogens (primary N) is 1. The molecule has 6 heteroatoms. The lowest BCUT2D eigenvalue weighted by Crippen LogP contribution is -2.31. The number of hydrogen-bond acceptors (Lipinski definition) is 3. The van der Waals surface area contributed by atoms with Crippen molar-refractivity contribution in [2.45, 2.75) is 6.54 Å². The summed E-state index contributed by atoms with van der Waals surface area (Å²) >= 11 is 0. The van der Waals surface area contributed by atoms with Crippen molar-refractivity contribution in [2.24, 2.45) is 0 Å². The Labute approximate surface area is 97.6 Å². The van der Waals surface area contributed by atoms with Gasteiger partial charge >= 0.3 is 6.03 Å². The van der Waals surface area contributed by atoms with Crippen LogP contribution in [-0.2, 0) is 11.3 Å². The van der Waals surface area contributed by atoms with Gasteiger partial charge in [-0.25, -0.2) is 9.18 Å². The second-order valence-corrected chi connectivity index (χ2v) is 3.96. The van der Waals surface area contributed by atoms with E-state index >= 15 is 0 Å². The lowest BCUT2D eigenvalue weighted by molar-refractivity contribution is -0.125. The third-order valence-corrected chi connectivity index (χ3v) is 2.66. The fourth-order valence-corrected chi connectivity index (χ4v) is 1.71. The van der Waals surface area contributed by atoms with Gasteiger partial charge < -0.3 is 10.6 Å². The van der Waals surface area contributed by atoms with E-state index in [1.807, 2.05) is 0 Å². The molecule has 0 radical (unpaired) electrons. The van der Waals surface area contributed by atoms with Gasteiger partial charge in [0.15, 0.2) is 0 Å². The van der Waals surface area contributed by atoms with Gasteiger partial charge in [0.25, 0.3) is 5.91 Å². The summed E-state index contributed by atoms with van der Waals surface area (Å²) in [6.45, 7) is 0.0552. The Morgan fingerprint density at radius 1 is 1.41 bits per heavy atom. The summed E-state index contributed by atoms with van der Waals surface area (Å²) in [5.74, 6) is -0.747. The molecule has 0 aliphatic carbocycles. The average Bonchev–Trinajstić information content (AvgIpc) is 2.50. The van der Waals surface area contributed by atoms with Crippen LogP contribution in [0.25, 0.3) is 0 Å². The van der Waals surface area contributed by atoms with E-state index in [4.69, 9.17) is 5.73 Å². The van der Waals surface area contributed by atoms with Crippen LogP contribution in [-0.4, -0.2) is 35.3 Å². The molecule has 90 valence electrons. The molecule has 2 N–H and O–H groups in total. The normalized spacial score (nSPS) is 15.9. The lowest BCUT2D eigenvalue weighted by atomic mass is 10.1. The van der Waals surface area contributed by atoms with Gasteiger partial charge in [-0.3, -0.25) is 9.69 Å². The molecule has 0 unspecified atom stereocenters. The quantitative estimate of drug-likeness (QED) is 0.611. The van der Waals surface area contributed by atoms with Crippen LogP contribution in [0.5, 0.6) is 0 Å². The average molecular weight is 237 g/mol. The number of imide groups is 1. The van der Waals surface area contributed by atoms with Crippen LogP contribution in [0, 0.1) is 5.82 Å². The second kappa shape index (κ2) is 4.04. The smallest absolute Gasteiger partial charge is 0.327 e. The van der Waals surface area contributed by atoms with E-state index in [1.54, 1.807) is 0 Å². The summed E-state index contributed by atoms with van der Waals surface area (Å²) in [5, 5.41) is 0. The summed E-state index contributed by atoms with van der Waals surface area (Å²) in [6, 6.07) is 3.49. The second-order valence-electron chi connectivity index (χ2n) is 3.96. The first-order chi connectivity index (χ1) is 7.99. The third kappa shape index (κ3) is 2.06. The van der Waals surface area contributed by atoms with Crippen molar-refractivity contribution in [3.8, 4) is 0 Å². The molecule has 1 fully saturated rings. The molecule has 0 spiro atoms. The molecule has 1 saturated heterocycles. The fourth-order valence-electron chi connectivity index (χ4n) is 1.71. The van der Waals surface area contributed by atoms with Crippen LogP contribution in [0.15, 0.2) is 18.2 Å². The molecule has 1 heterocycles. The highest BCUT2D eigenvalue weighted by Gasteiger charge is 2.33. The van der Waals surface area contributed by atoms with Crippen LogP contribution in [0.4, 0.5) is 14.9 Å². The maximum absolute atomic E-state index is 13.0. The number of hydrogen-bond donors (Lipinski definition) is 1. The number of rotatable bonds is 2. The monoisotopic (exact) mass is 237 g/mol. The molecular formula is C11H12FN3O2. The Bertz CT molecular complexity index is 490. The van der Waals surface area contributed by atoms with E-state index in [1.165, 1.54) is 30.1 Å². The largest absolute Gasteiger partial charge is 0.398 e. The molecule has 1 aromatic rings. The zero-order chi connectivity index (χ0) is 12.6. The Morgan fingerprint density at radius 3 is 2.71 bits per heavy atom. The minimum absolute atomic E-state index is 0.00556. The Hall–Kier alpha value is -2.11. The molecule has 0 saturated carbocycles. The molecule has 5 nitrogen and oxygen atoms in total. The number of nitrogens with zero attached hydrogens (tertiary/aromatic N) is 2. The zero-order valence-corrected chi connectivity index (χ0v) is 9.31. The predicted molar refractivity (Wildman–Crippen MR) is 59.4 cm³/mol. The maximum Gasteiger partial charge on any atom is 0.327 e. The van der Waals surface area contributed by atoms with Crippen molar-refractivity contribution < 1.29 is 14.0 Å². The van der Waals surface area contributed by atoms with Crippen molar-refractivity contribution in [3.05, 3.63) is 29.6 Å². The standard InChI is InChI=1S/C11H12FN3O2/c1-14-6-10(16)15(11(14)17)5-7-4-8(12)2-3-9(7)13/h2-4H,5-6,13H2,1H3. The van der Waals surface area contributed by atoms with Crippen LogP contribution in [0.2, 0.25) is 0 Å². The minimum atomic E-state index is -0.443. The number of likely N-dealkylation sites (N-methyl/N-ethyl adjacent to an activating group) is 1. The molecule has 1 aliphatic heterocycles. The topological polar surface area (TPSA) is 66.6 Å². The molecule has 3 amide bonds. The Kier molecular flexibility index (Phi) is 2.71. The summed E-state index contributed by atoms with van der Waals surface area (Å²) < 4.78 is 13.0. The van der Waals surface area contributed by atoms with Crippen LogP contribution in [0.3, 0.4) is 0 Å². The molecular weight excluding hydrogens is 225 g/mol. The summed E-state index contributed by atoms with van der Waals surface area (Å²) in [7, 11) is 1.54. The number of benzene rings is 1. The number of carbonyl (C=O) groups excluding carboxylic acids is 2. The van der Waals surface area contributed by atoms with Crippen LogP contribution in [0.1, 0.15) is 5.56 Å². The van der Waals surface area contributed by atoms with Gasteiger partial charge in [0.05, 0.1) is 6.54 Å². The van der Waals surface area contributed by atoms with E-state index in [-0.39, 0.29) is 19.0 Å². The number of halogens is 1. The van der Waals surface area contributed by atoms with Gasteiger partial charge in [-0.1, -0.05) is 0 Å². The van der Waals surface area contributed by atoms with Crippen molar-refractivity contribution in [3.63, 3.8) is 0 Å². The van der Waals surface area contributed by atoms with E-state index in [0.29, 0.717) is 11.3 Å². The summed E-state index contributed by atoms with van der Waals surface area (Å²) in [4.78, 5) is 25.5. The first-order valence-electron chi connectivity index (χ1n) is 5.08. The molecule has 0 atom stereocenters. The fraction of sp³-hybridized carbons (Fsp3) is 0.273. The molecule has 2 rings (SSSR count). The van der Waals surface area contributed by atoms with Gasteiger partial charge in [-0.15, -0.1) is 0 Å². The van der Waals surface area contributed by atoms with E-state index in [0.717, 1.165) is 4.90 Å². The first kappa shape index (κ1) is 11.4. The highest BCUT2D eigenvalue weighted by Crippen LogP contribution is 2.18. The maximum atomic E-state index is 13.0. The van der Waals surface area contributed by atoms with Gasteiger partial charge in [0.1, 0.15) is 12.4 Å². The van der Waals surface area contributed by atoms with Gasteiger partial charge in [-0.05, 0) is 23.8 Å². The Morgan fingerprint density at radius 2 is 2.12 bits per heavy atom. The lowest BCUT2D eigenvalue weighted by Gasteiger charge is -2.15. The number of urea groups is 1. The number of anilines is 1. The summed E-state index contributed by atoms with van der Waals surface area (Å²) in [6.07, 6.45) is 0. The minimum Gasteiger partial charge on any atom is -0.398 e. The van der Waals surface area contributed by atoms with Crippen LogP contribution < -0.4 is 5.73 Å². The van der Waals surface area contributed by atoms with Gasteiger partial charge in [0.2, 0.25) is 0 Å². The molecule has 1 aliphatic rings. The van der Waals surface area contributed by atoms with E-state index < -0.39 is 11.8 Å². The molecule has 0 bridgehead atoms. The highest BCUT2D eigenvalue weighted by molar-refractivity contribution is 6.01. The number of amides is 3. The summed E-state index contributed by atoms with van der Waals surface area (Å²) in [5.41, 5.74) is 6.46. The van der Waals surface area contributed by atoms with Gasteiger partial charge in [0, 0.05) is 12.7 Å². The SMILES string of the molecule is CN1CC(=O)N(Cc2cc(F)ccc2N)C1=O. The predicted octanol–water partition coefficient (Wildman–Crippen LogP) is 0.802. The molecule has 0 aromatic heterocycles. The first-order valence-corrected chi connectivity index (χ1v) is 5.08. The number of nitrogen functional groups attached to an aromatic ring is 1. The van der Waals surface area contributed by atoms with E-state index in [9.17, 15) is 14.0 Å². The van der Waals surface area contributed by atoms with E-state index in [2.05, 4.69) is 0 Å². The number of carbonyl (C=O) groups is 2. The molecule has 17 heavy (non-hydrogen) atoms. The van der Waals surface area contributed by atoms with Crippen LogP contribution >= 0.6 is 0 Å². The zero-order valence-electron chi connectivity index (χ0n) is 9.31. The highest BCUT2D eigenvalue weighted by atomic mass is 19.1. The Balaban J connectivity index is 2.24. The van der Waals surface area contributed by atoms with Gasteiger partial charge in [-0.2, -0.15) is 0 Å². The van der Waals surface area contributed by atoms with Crippen molar-refractivity contribution in [1.29, 1.82) is 0 Å². The third-order valence-electron chi connectivity index (χ3n) is 2.66. The van der Waals surface area contributed by atoms with Crippen molar-refractivity contribution in [2.75, 3.05) is 19.3 Å². The van der Waals surface area contributed by atoms with Crippen molar-refractivity contribution in [1.82, 2.24) is 9.80 Å². The molecule has 1 aromatic carbocycles.